The number of carboxylic acid groups (broad SMARTS) is 1. The highest BCUT2D eigenvalue weighted by molar-refractivity contribution is 5.79. The van der Waals surface area contributed by atoms with Crippen LogP contribution in [0.3, 0.4) is 0 Å². The molecule has 3 unspecified atom stereocenters. The van der Waals surface area contributed by atoms with Gasteiger partial charge in [-0.25, -0.2) is 4.79 Å². The standard InChI is InChI=1S/C13H20N2O4/c16-9-3-5-14(6-4-9)13(19)15-8-1-2-11(15)10(7-8)12(17)18/h8-11,16H,1-7H2,(H,17,18). The number of rotatable bonds is 1. The van der Waals surface area contributed by atoms with E-state index in [-0.39, 0.29) is 24.2 Å². The summed E-state index contributed by atoms with van der Waals surface area (Å²) in [5, 5.41) is 18.7. The number of hydrogen-bond donors (Lipinski definition) is 2. The number of amides is 2. The summed E-state index contributed by atoms with van der Waals surface area (Å²) < 4.78 is 0. The van der Waals surface area contributed by atoms with Crippen molar-refractivity contribution in [3.8, 4) is 0 Å². The monoisotopic (exact) mass is 268 g/mol. The zero-order valence-electron chi connectivity index (χ0n) is 10.9. The second-order valence-electron chi connectivity index (χ2n) is 5.89. The normalized spacial score (nSPS) is 34.9. The lowest BCUT2D eigenvalue weighted by molar-refractivity contribution is -0.142. The Morgan fingerprint density at radius 2 is 1.74 bits per heavy atom. The third-order valence-electron chi connectivity index (χ3n) is 4.81. The highest BCUT2D eigenvalue weighted by atomic mass is 16.4. The lowest BCUT2D eigenvalue weighted by atomic mass is 9.89. The van der Waals surface area contributed by atoms with Gasteiger partial charge in [-0.15, -0.1) is 0 Å². The summed E-state index contributed by atoms with van der Waals surface area (Å²) in [5.41, 5.74) is 0. The van der Waals surface area contributed by atoms with Gasteiger partial charge in [-0.2, -0.15) is 0 Å². The number of aliphatic hydroxyl groups excluding tert-OH is 1. The van der Waals surface area contributed by atoms with Crippen LogP contribution >= 0.6 is 0 Å². The molecule has 2 bridgehead atoms. The van der Waals surface area contributed by atoms with E-state index in [9.17, 15) is 19.8 Å². The molecule has 0 aromatic carbocycles. The lowest BCUT2D eigenvalue weighted by Crippen LogP contribution is -2.49. The number of carboxylic acids is 1. The van der Waals surface area contributed by atoms with Crippen LogP contribution in [0.15, 0.2) is 0 Å². The zero-order chi connectivity index (χ0) is 13.6. The molecule has 0 radical (unpaired) electrons. The minimum atomic E-state index is -0.779. The number of fused-ring (bicyclic) bond motifs is 2. The Bertz CT molecular complexity index is 392. The zero-order valence-corrected chi connectivity index (χ0v) is 10.9. The fourth-order valence-corrected chi connectivity index (χ4v) is 3.77. The summed E-state index contributed by atoms with van der Waals surface area (Å²) in [4.78, 5) is 27.3. The first kappa shape index (κ1) is 12.7. The summed E-state index contributed by atoms with van der Waals surface area (Å²) in [6.45, 7) is 1.15. The predicted octanol–water partition coefficient (Wildman–Crippen LogP) is 0.501. The van der Waals surface area contributed by atoms with Crippen molar-refractivity contribution in [3.63, 3.8) is 0 Å². The van der Waals surface area contributed by atoms with Gasteiger partial charge in [0.25, 0.3) is 0 Å². The maximum absolute atomic E-state index is 12.5. The van der Waals surface area contributed by atoms with Crippen molar-refractivity contribution >= 4 is 12.0 Å². The van der Waals surface area contributed by atoms with E-state index in [0.29, 0.717) is 32.4 Å². The number of carbonyl (C=O) groups is 2. The van der Waals surface area contributed by atoms with Crippen molar-refractivity contribution in [2.75, 3.05) is 13.1 Å². The summed E-state index contributed by atoms with van der Waals surface area (Å²) in [6.07, 6.45) is 3.28. The molecule has 2 N–H and O–H groups in total. The average Bonchev–Trinajstić information content (AvgIpc) is 2.96. The Kier molecular flexibility index (Phi) is 3.12. The molecule has 3 fully saturated rings. The smallest absolute Gasteiger partial charge is 0.320 e. The van der Waals surface area contributed by atoms with Gasteiger partial charge in [0.1, 0.15) is 0 Å². The summed E-state index contributed by atoms with van der Waals surface area (Å²) >= 11 is 0. The molecular formula is C13H20N2O4. The largest absolute Gasteiger partial charge is 0.481 e. The number of aliphatic hydroxyl groups is 1. The molecule has 0 spiro atoms. The van der Waals surface area contributed by atoms with Gasteiger partial charge in [0.05, 0.1) is 12.0 Å². The third-order valence-corrected chi connectivity index (χ3v) is 4.81. The summed E-state index contributed by atoms with van der Waals surface area (Å²) in [7, 11) is 0. The van der Waals surface area contributed by atoms with E-state index in [1.54, 1.807) is 9.80 Å². The Labute approximate surface area is 112 Å². The molecule has 3 rings (SSSR count). The Hall–Kier alpha value is -1.30. The molecule has 0 aromatic heterocycles. The number of aliphatic carboxylic acids is 1. The summed E-state index contributed by atoms with van der Waals surface area (Å²) in [6, 6.07) is -0.0459. The Morgan fingerprint density at radius 3 is 2.32 bits per heavy atom. The van der Waals surface area contributed by atoms with Crippen LogP contribution in [0.2, 0.25) is 0 Å². The van der Waals surface area contributed by atoms with E-state index < -0.39 is 11.9 Å². The number of hydrogen-bond acceptors (Lipinski definition) is 3. The molecule has 3 aliphatic rings. The molecule has 6 nitrogen and oxygen atoms in total. The first-order valence-electron chi connectivity index (χ1n) is 7.06. The molecule has 2 amide bonds. The van der Waals surface area contributed by atoms with Gasteiger partial charge in [-0.3, -0.25) is 4.79 Å². The molecule has 3 aliphatic heterocycles. The van der Waals surface area contributed by atoms with E-state index in [0.717, 1.165) is 12.8 Å². The molecule has 0 aliphatic carbocycles. The fourth-order valence-electron chi connectivity index (χ4n) is 3.77. The first-order chi connectivity index (χ1) is 9.08. The van der Waals surface area contributed by atoms with Crippen LogP contribution in [0.25, 0.3) is 0 Å². The average molecular weight is 268 g/mol. The van der Waals surface area contributed by atoms with E-state index in [4.69, 9.17) is 0 Å². The minimum absolute atomic E-state index is 0.0249. The molecule has 3 heterocycles. The van der Waals surface area contributed by atoms with Crippen LogP contribution in [-0.2, 0) is 4.79 Å². The minimum Gasteiger partial charge on any atom is -0.481 e. The molecule has 6 heteroatoms. The van der Waals surface area contributed by atoms with E-state index in [2.05, 4.69) is 0 Å². The quantitative estimate of drug-likeness (QED) is 0.725. The molecule has 0 saturated carbocycles. The van der Waals surface area contributed by atoms with Gasteiger partial charge < -0.3 is 20.0 Å². The maximum atomic E-state index is 12.5. The van der Waals surface area contributed by atoms with Crippen LogP contribution in [0, 0.1) is 5.92 Å². The van der Waals surface area contributed by atoms with Gasteiger partial charge in [0.2, 0.25) is 0 Å². The summed E-state index contributed by atoms with van der Waals surface area (Å²) in [5.74, 6) is -1.17. The molecule has 19 heavy (non-hydrogen) atoms. The second kappa shape index (κ2) is 4.67. The van der Waals surface area contributed by atoms with Gasteiger partial charge in [-0.1, -0.05) is 0 Å². The third kappa shape index (κ3) is 2.08. The number of carbonyl (C=O) groups excluding carboxylic acids is 1. The van der Waals surface area contributed by atoms with Crippen LogP contribution < -0.4 is 0 Å². The van der Waals surface area contributed by atoms with Crippen LogP contribution in [0.1, 0.15) is 32.1 Å². The van der Waals surface area contributed by atoms with E-state index >= 15 is 0 Å². The van der Waals surface area contributed by atoms with Crippen molar-refractivity contribution < 1.29 is 19.8 Å². The molecular weight excluding hydrogens is 248 g/mol. The van der Waals surface area contributed by atoms with Crippen LogP contribution in [0.5, 0.6) is 0 Å². The van der Waals surface area contributed by atoms with E-state index in [1.165, 1.54) is 0 Å². The number of urea groups is 1. The lowest BCUT2D eigenvalue weighted by Gasteiger charge is -2.35. The second-order valence-corrected chi connectivity index (χ2v) is 5.89. The molecule has 3 saturated heterocycles. The first-order valence-corrected chi connectivity index (χ1v) is 7.06. The van der Waals surface area contributed by atoms with Crippen molar-refractivity contribution in [1.82, 2.24) is 9.80 Å². The van der Waals surface area contributed by atoms with Crippen molar-refractivity contribution in [2.24, 2.45) is 5.92 Å². The van der Waals surface area contributed by atoms with Crippen LogP contribution in [-0.4, -0.2) is 63.3 Å². The van der Waals surface area contributed by atoms with Crippen molar-refractivity contribution in [3.05, 3.63) is 0 Å². The highest BCUT2D eigenvalue weighted by Crippen LogP contribution is 2.42. The SMILES string of the molecule is O=C(O)C1CC2CCC1N2C(=O)N1CCC(O)CC1. The highest BCUT2D eigenvalue weighted by Gasteiger charge is 2.52. The Morgan fingerprint density at radius 1 is 1.05 bits per heavy atom. The van der Waals surface area contributed by atoms with Crippen molar-refractivity contribution in [2.45, 2.75) is 50.3 Å². The fraction of sp³-hybridized carbons (Fsp3) is 0.846. The number of nitrogens with zero attached hydrogens (tertiary/aromatic N) is 2. The topological polar surface area (TPSA) is 81.1 Å². The van der Waals surface area contributed by atoms with Gasteiger partial charge >= 0.3 is 12.0 Å². The number of likely N-dealkylation sites (tertiary alicyclic amines) is 1. The molecule has 106 valence electrons. The Balaban J connectivity index is 1.69. The maximum Gasteiger partial charge on any atom is 0.320 e. The molecule has 3 atom stereocenters. The van der Waals surface area contributed by atoms with Gasteiger partial charge in [-0.05, 0) is 32.1 Å². The number of piperidine rings is 1. The van der Waals surface area contributed by atoms with E-state index in [1.807, 2.05) is 0 Å². The van der Waals surface area contributed by atoms with Crippen LogP contribution in [0.4, 0.5) is 4.79 Å². The van der Waals surface area contributed by atoms with Gasteiger partial charge in [0.15, 0.2) is 0 Å². The van der Waals surface area contributed by atoms with Crippen molar-refractivity contribution in [1.29, 1.82) is 0 Å². The van der Waals surface area contributed by atoms with Gasteiger partial charge in [0, 0.05) is 25.2 Å². The molecule has 0 aromatic rings. The predicted molar refractivity (Wildman–Crippen MR) is 66.6 cm³/mol.